The van der Waals surface area contributed by atoms with E-state index in [9.17, 15) is 27.0 Å². The van der Waals surface area contributed by atoms with Gasteiger partial charge in [-0.3, -0.25) is 4.31 Å². The Balaban J connectivity index is 2.19. The van der Waals surface area contributed by atoms with Crippen LogP contribution in [-0.4, -0.2) is 50.7 Å². The summed E-state index contributed by atoms with van der Waals surface area (Å²) in [5, 5.41) is 20.1. The molecule has 1 aliphatic heterocycles. The molecule has 1 fully saturated rings. The lowest BCUT2D eigenvalue weighted by Crippen LogP contribution is -2.47. The highest BCUT2D eigenvalue weighted by molar-refractivity contribution is 7.93. The number of aliphatic hydroxyl groups is 1. The van der Waals surface area contributed by atoms with Crippen molar-refractivity contribution >= 4 is 25.5 Å². The van der Waals surface area contributed by atoms with Crippen molar-refractivity contribution in [3.63, 3.8) is 0 Å². The molecule has 2 N–H and O–H groups in total. The lowest BCUT2D eigenvalue weighted by molar-refractivity contribution is 0.184. The second-order valence-corrected chi connectivity index (χ2v) is 10.7. The molecule has 0 saturated carbocycles. The van der Waals surface area contributed by atoms with Gasteiger partial charge in [-0.1, -0.05) is 12.1 Å². The molecule has 1 heterocycles. The molecule has 1 aliphatic rings. The number of sulfone groups is 1. The Kier molecular flexibility index (Phi) is 4.96. The van der Waals surface area contributed by atoms with Crippen LogP contribution in [0.25, 0.3) is 0 Å². The van der Waals surface area contributed by atoms with Gasteiger partial charge in [0.1, 0.15) is 5.75 Å². The van der Waals surface area contributed by atoms with Crippen LogP contribution in [0.5, 0.6) is 5.75 Å². The molecule has 0 unspecified atom stereocenters. The van der Waals surface area contributed by atoms with Gasteiger partial charge >= 0.3 is 0 Å². The second-order valence-electron chi connectivity index (χ2n) is 6.78. The Morgan fingerprint density at radius 3 is 2.30 bits per heavy atom. The zero-order valence-electron chi connectivity index (χ0n) is 14.9. The van der Waals surface area contributed by atoms with Crippen LogP contribution in [0.1, 0.15) is 11.1 Å². The number of aliphatic hydroxyl groups excluding tert-OH is 1. The fourth-order valence-corrected chi connectivity index (χ4v) is 6.78. The van der Waals surface area contributed by atoms with Crippen molar-refractivity contribution in [2.75, 3.05) is 15.8 Å². The van der Waals surface area contributed by atoms with Gasteiger partial charge in [-0.15, -0.1) is 0 Å². The third kappa shape index (κ3) is 3.80. The third-order valence-corrected chi connectivity index (χ3v) is 8.26. The number of hydrogen-bond donors (Lipinski definition) is 2. The molecular weight excluding hydrogens is 390 g/mol. The Hall–Kier alpha value is -2.10. The normalized spacial score (nSPS) is 21.9. The van der Waals surface area contributed by atoms with Crippen LogP contribution in [-0.2, 0) is 19.9 Å². The minimum Gasteiger partial charge on any atom is -0.508 e. The molecule has 0 spiro atoms. The highest BCUT2D eigenvalue weighted by Gasteiger charge is 2.45. The van der Waals surface area contributed by atoms with Gasteiger partial charge < -0.3 is 10.2 Å². The number of phenolic OH excluding ortho intramolecular Hbond substituents is 1. The number of anilines is 1. The first-order chi connectivity index (χ1) is 12.5. The number of nitrogens with zero attached hydrogens (tertiary/aromatic N) is 1. The molecule has 0 radical (unpaired) electrons. The standard InChI is InChI=1S/C18H21NO6S2/c1-12-6-7-16(8-13(12)2)27(24,25)19(14-4-3-5-15(20)9-14)17-10-26(22,23)11-18(17)21/h3-9,17-18,20-21H,10-11H2,1-2H3/t17-,18+/m0/s1. The molecule has 2 aromatic carbocycles. The number of hydrogen-bond acceptors (Lipinski definition) is 6. The van der Waals surface area contributed by atoms with E-state index in [1.54, 1.807) is 13.0 Å². The number of aromatic hydroxyl groups is 1. The lowest BCUT2D eigenvalue weighted by atomic mass is 10.1. The van der Waals surface area contributed by atoms with Crippen LogP contribution >= 0.6 is 0 Å². The first-order valence-corrected chi connectivity index (χ1v) is 11.6. The highest BCUT2D eigenvalue weighted by Crippen LogP contribution is 2.33. The summed E-state index contributed by atoms with van der Waals surface area (Å²) in [7, 11) is -7.76. The van der Waals surface area contributed by atoms with E-state index in [0.29, 0.717) is 0 Å². The van der Waals surface area contributed by atoms with Gasteiger partial charge in [0.05, 0.1) is 34.2 Å². The van der Waals surface area contributed by atoms with Gasteiger partial charge in [-0.2, -0.15) is 0 Å². The zero-order chi connectivity index (χ0) is 20.0. The SMILES string of the molecule is Cc1ccc(S(=O)(=O)N(c2cccc(O)c2)[C@H]2CS(=O)(=O)C[C@H]2O)cc1C. The van der Waals surface area contributed by atoms with Crippen LogP contribution < -0.4 is 4.31 Å². The summed E-state index contributed by atoms with van der Waals surface area (Å²) >= 11 is 0. The molecule has 0 aromatic heterocycles. The van der Waals surface area contributed by atoms with Crippen molar-refractivity contribution in [3.8, 4) is 5.75 Å². The summed E-state index contributed by atoms with van der Waals surface area (Å²) in [6.45, 7) is 3.63. The lowest BCUT2D eigenvalue weighted by Gasteiger charge is -2.31. The molecule has 9 heteroatoms. The van der Waals surface area contributed by atoms with E-state index < -0.39 is 43.5 Å². The minimum absolute atomic E-state index is 0.00885. The van der Waals surface area contributed by atoms with E-state index in [1.165, 1.54) is 36.4 Å². The average molecular weight is 412 g/mol. The van der Waals surface area contributed by atoms with E-state index >= 15 is 0 Å². The molecule has 0 amide bonds. The first-order valence-electron chi connectivity index (χ1n) is 8.30. The van der Waals surface area contributed by atoms with Gasteiger partial charge in [0.25, 0.3) is 10.0 Å². The summed E-state index contributed by atoms with van der Waals surface area (Å²) in [4.78, 5) is -0.00885. The topological polar surface area (TPSA) is 112 Å². The monoisotopic (exact) mass is 411 g/mol. The summed E-state index contributed by atoms with van der Waals surface area (Å²) < 4.78 is 51.7. The van der Waals surface area contributed by atoms with E-state index in [-0.39, 0.29) is 16.3 Å². The number of aryl methyl sites for hydroxylation is 2. The Labute approximate surface area is 158 Å². The third-order valence-electron chi connectivity index (χ3n) is 4.71. The molecule has 27 heavy (non-hydrogen) atoms. The van der Waals surface area contributed by atoms with Crippen LogP contribution in [0.2, 0.25) is 0 Å². The number of rotatable bonds is 4. The second kappa shape index (κ2) is 6.81. The van der Waals surface area contributed by atoms with Crippen molar-refractivity contribution in [2.45, 2.75) is 30.9 Å². The molecule has 7 nitrogen and oxygen atoms in total. The van der Waals surface area contributed by atoms with Gasteiger partial charge in [0.2, 0.25) is 0 Å². The molecule has 2 aromatic rings. The Morgan fingerprint density at radius 2 is 1.74 bits per heavy atom. The number of phenols is 1. The van der Waals surface area contributed by atoms with Crippen molar-refractivity contribution in [1.82, 2.24) is 0 Å². The van der Waals surface area contributed by atoms with Crippen LogP contribution in [0, 0.1) is 13.8 Å². The fourth-order valence-electron chi connectivity index (χ4n) is 3.16. The molecule has 0 aliphatic carbocycles. The molecule has 146 valence electrons. The van der Waals surface area contributed by atoms with Crippen LogP contribution in [0.4, 0.5) is 5.69 Å². The smallest absolute Gasteiger partial charge is 0.264 e. The maximum atomic E-state index is 13.4. The van der Waals surface area contributed by atoms with Gasteiger partial charge in [-0.25, -0.2) is 16.8 Å². The van der Waals surface area contributed by atoms with E-state index in [0.717, 1.165) is 15.4 Å². The zero-order valence-corrected chi connectivity index (χ0v) is 16.5. The van der Waals surface area contributed by atoms with Gasteiger partial charge in [0.15, 0.2) is 9.84 Å². The molecule has 2 atom stereocenters. The molecule has 1 saturated heterocycles. The predicted octanol–water partition coefficient (Wildman–Crippen LogP) is 1.36. The highest BCUT2D eigenvalue weighted by atomic mass is 32.2. The fraction of sp³-hybridized carbons (Fsp3) is 0.333. The van der Waals surface area contributed by atoms with Crippen molar-refractivity contribution < 1.29 is 27.0 Å². The maximum absolute atomic E-state index is 13.4. The largest absolute Gasteiger partial charge is 0.508 e. The van der Waals surface area contributed by atoms with Crippen molar-refractivity contribution in [2.24, 2.45) is 0 Å². The summed E-state index contributed by atoms with van der Waals surface area (Å²) in [5.74, 6) is -1.16. The van der Waals surface area contributed by atoms with Crippen LogP contribution in [0.15, 0.2) is 47.4 Å². The maximum Gasteiger partial charge on any atom is 0.264 e. The molecule has 3 rings (SSSR count). The average Bonchev–Trinajstić information content (AvgIpc) is 2.82. The number of benzene rings is 2. The number of sulfonamides is 1. The van der Waals surface area contributed by atoms with E-state index in [1.807, 2.05) is 6.92 Å². The van der Waals surface area contributed by atoms with Crippen molar-refractivity contribution in [3.05, 3.63) is 53.6 Å². The summed E-state index contributed by atoms with van der Waals surface area (Å²) in [6.07, 6.45) is -1.36. The quantitative estimate of drug-likeness (QED) is 0.786. The summed E-state index contributed by atoms with van der Waals surface area (Å²) in [6, 6.07) is 8.98. The van der Waals surface area contributed by atoms with Gasteiger partial charge in [0, 0.05) is 6.07 Å². The summed E-state index contributed by atoms with van der Waals surface area (Å²) in [5.41, 5.74) is 1.78. The minimum atomic E-state index is -4.18. The Morgan fingerprint density at radius 1 is 1.04 bits per heavy atom. The van der Waals surface area contributed by atoms with E-state index in [2.05, 4.69) is 0 Å². The predicted molar refractivity (Wildman–Crippen MR) is 102 cm³/mol. The first kappa shape index (κ1) is 19.7. The molecule has 0 bridgehead atoms. The van der Waals surface area contributed by atoms with Crippen molar-refractivity contribution in [1.29, 1.82) is 0 Å². The van der Waals surface area contributed by atoms with Crippen LogP contribution in [0.3, 0.4) is 0 Å². The Bertz CT molecular complexity index is 1080. The van der Waals surface area contributed by atoms with E-state index in [4.69, 9.17) is 0 Å². The van der Waals surface area contributed by atoms with Gasteiger partial charge in [-0.05, 0) is 49.2 Å². The molecular formula is C18H21NO6S2.